The molecule has 20 heavy (non-hydrogen) atoms. The Hall–Kier alpha value is -1.52. The van der Waals surface area contributed by atoms with E-state index in [9.17, 15) is 0 Å². The summed E-state index contributed by atoms with van der Waals surface area (Å²) in [6.07, 6.45) is 0. The van der Waals surface area contributed by atoms with Crippen LogP contribution in [0.5, 0.6) is 11.5 Å². The summed E-state index contributed by atoms with van der Waals surface area (Å²) in [7, 11) is 4.01. The van der Waals surface area contributed by atoms with Crippen LogP contribution in [0.1, 0.15) is 18.5 Å². The Labute approximate surface area is 128 Å². The van der Waals surface area contributed by atoms with Gasteiger partial charge in [0.25, 0.3) is 0 Å². The van der Waals surface area contributed by atoms with Gasteiger partial charge >= 0.3 is 0 Å². The molecule has 0 aliphatic carbocycles. The third-order valence-corrected chi connectivity index (χ3v) is 3.66. The molecule has 0 unspecified atom stereocenters. The summed E-state index contributed by atoms with van der Waals surface area (Å²) in [4.78, 5) is 2.04. The fourth-order valence-corrected chi connectivity index (χ4v) is 2.31. The molecule has 0 amide bonds. The van der Waals surface area contributed by atoms with Gasteiger partial charge < -0.3 is 15.4 Å². The number of benzene rings is 2. The van der Waals surface area contributed by atoms with Crippen LogP contribution in [0.25, 0.3) is 0 Å². The second-order valence-electron chi connectivity index (χ2n) is 4.97. The van der Waals surface area contributed by atoms with Crippen molar-refractivity contribution >= 4 is 21.6 Å². The average Bonchev–Trinajstić information content (AvgIpc) is 2.41. The number of hydrogen-bond acceptors (Lipinski definition) is 3. The zero-order valence-corrected chi connectivity index (χ0v) is 13.5. The zero-order chi connectivity index (χ0) is 14.7. The molecule has 0 aromatic heterocycles. The van der Waals surface area contributed by atoms with Crippen LogP contribution in [-0.2, 0) is 0 Å². The van der Waals surface area contributed by atoms with E-state index < -0.39 is 0 Å². The number of halogens is 1. The Bertz CT molecular complexity index is 597. The van der Waals surface area contributed by atoms with Crippen molar-refractivity contribution in [1.29, 1.82) is 0 Å². The Morgan fingerprint density at radius 3 is 2.50 bits per heavy atom. The number of rotatable bonds is 4. The summed E-state index contributed by atoms with van der Waals surface area (Å²) in [5.41, 5.74) is 8.05. The first kappa shape index (κ1) is 14.9. The Kier molecular flexibility index (Phi) is 4.68. The molecule has 0 radical (unpaired) electrons. The second-order valence-corrected chi connectivity index (χ2v) is 5.83. The van der Waals surface area contributed by atoms with Crippen molar-refractivity contribution in [3.05, 3.63) is 52.5 Å². The first-order valence-corrected chi connectivity index (χ1v) is 7.27. The van der Waals surface area contributed by atoms with Gasteiger partial charge in [-0.1, -0.05) is 12.1 Å². The van der Waals surface area contributed by atoms with E-state index in [1.54, 1.807) is 0 Å². The Balaban J connectivity index is 2.24. The lowest BCUT2D eigenvalue weighted by Crippen LogP contribution is -2.08. The molecular formula is C16H19BrN2O. The largest absolute Gasteiger partial charge is 0.456 e. The van der Waals surface area contributed by atoms with Gasteiger partial charge in [-0.3, -0.25) is 0 Å². The molecule has 3 nitrogen and oxygen atoms in total. The van der Waals surface area contributed by atoms with Gasteiger partial charge in [-0.15, -0.1) is 0 Å². The molecule has 2 N–H and O–H groups in total. The number of anilines is 1. The van der Waals surface area contributed by atoms with Crippen LogP contribution in [-0.4, -0.2) is 14.1 Å². The molecule has 0 saturated heterocycles. The number of nitrogens with two attached hydrogens (primary N) is 1. The van der Waals surface area contributed by atoms with Gasteiger partial charge in [-0.25, -0.2) is 0 Å². The maximum atomic E-state index is 5.92. The third kappa shape index (κ3) is 3.52. The predicted molar refractivity (Wildman–Crippen MR) is 87.6 cm³/mol. The fraction of sp³-hybridized carbons (Fsp3) is 0.250. The monoisotopic (exact) mass is 334 g/mol. The summed E-state index contributed by atoms with van der Waals surface area (Å²) in [6, 6.07) is 13.9. The van der Waals surface area contributed by atoms with Gasteiger partial charge in [-0.05, 0) is 52.7 Å². The highest BCUT2D eigenvalue weighted by Gasteiger charge is 2.07. The quantitative estimate of drug-likeness (QED) is 0.904. The number of ether oxygens (including phenoxy) is 1. The minimum atomic E-state index is 0.0115. The molecule has 0 aliphatic rings. The van der Waals surface area contributed by atoms with Crippen molar-refractivity contribution in [3.63, 3.8) is 0 Å². The molecule has 4 heteroatoms. The lowest BCUT2D eigenvalue weighted by molar-refractivity contribution is 0.479. The van der Waals surface area contributed by atoms with E-state index in [1.165, 1.54) is 0 Å². The topological polar surface area (TPSA) is 38.5 Å². The summed E-state index contributed by atoms with van der Waals surface area (Å²) in [5, 5.41) is 0. The van der Waals surface area contributed by atoms with E-state index in [-0.39, 0.29) is 6.04 Å². The standard InChI is InChI=1S/C16H19BrN2O/c1-11(18)12-7-8-16(15(17)9-12)20-14-6-4-5-13(10-14)19(2)3/h4-11H,18H2,1-3H3/t11-/m0/s1. The van der Waals surface area contributed by atoms with Crippen molar-refractivity contribution in [2.45, 2.75) is 13.0 Å². The summed E-state index contributed by atoms with van der Waals surface area (Å²) in [6.45, 7) is 1.96. The first-order valence-electron chi connectivity index (χ1n) is 6.47. The van der Waals surface area contributed by atoms with Crippen LogP contribution in [0.4, 0.5) is 5.69 Å². The maximum absolute atomic E-state index is 5.92. The van der Waals surface area contributed by atoms with E-state index in [4.69, 9.17) is 10.5 Å². The molecule has 0 fully saturated rings. The van der Waals surface area contributed by atoms with Gasteiger partial charge in [0.15, 0.2) is 0 Å². The smallest absolute Gasteiger partial charge is 0.141 e. The minimum Gasteiger partial charge on any atom is -0.456 e. The van der Waals surface area contributed by atoms with Gasteiger partial charge in [0.05, 0.1) is 4.47 Å². The van der Waals surface area contributed by atoms with E-state index in [0.29, 0.717) is 0 Å². The van der Waals surface area contributed by atoms with Crippen molar-refractivity contribution in [2.75, 3.05) is 19.0 Å². The van der Waals surface area contributed by atoms with Crippen molar-refractivity contribution in [2.24, 2.45) is 5.73 Å². The van der Waals surface area contributed by atoms with Crippen LogP contribution >= 0.6 is 15.9 Å². The molecular weight excluding hydrogens is 316 g/mol. The van der Waals surface area contributed by atoms with Crippen LogP contribution in [0.3, 0.4) is 0 Å². The predicted octanol–water partition coefficient (Wildman–Crippen LogP) is 4.33. The van der Waals surface area contributed by atoms with Crippen LogP contribution in [0, 0.1) is 0 Å². The van der Waals surface area contributed by atoms with Crippen LogP contribution < -0.4 is 15.4 Å². The Morgan fingerprint density at radius 2 is 1.90 bits per heavy atom. The highest BCUT2D eigenvalue weighted by Crippen LogP contribution is 2.32. The van der Waals surface area contributed by atoms with Crippen molar-refractivity contribution < 1.29 is 4.74 Å². The van der Waals surface area contributed by atoms with E-state index in [0.717, 1.165) is 27.2 Å². The van der Waals surface area contributed by atoms with E-state index in [1.807, 2.05) is 68.4 Å². The highest BCUT2D eigenvalue weighted by atomic mass is 79.9. The normalized spacial score (nSPS) is 12.1. The first-order chi connectivity index (χ1) is 9.47. The molecule has 2 aromatic rings. The molecule has 0 bridgehead atoms. The summed E-state index contributed by atoms with van der Waals surface area (Å²) in [5.74, 6) is 1.59. The maximum Gasteiger partial charge on any atom is 0.141 e. The molecule has 0 saturated carbocycles. The lowest BCUT2D eigenvalue weighted by atomic mass is 10.1. The Morgan fingerprint density at radius 1 is 1.15 bits per heavy atom. The number of hydrogen-bond donors (Lipinski definition) is 1. The van der Waals surface area contributed by atoms with Gasteiger partial charge in [0.1, 0.15) is 11.5 Å². The SMILES string of the molecule is C[C@H](N)c1ccc(Oc2cccc(N(C)C)c2)c(Br)c1. The molecule has 0 aliphatic heterocycles. The minimum absolute atomic E-state index is 0.0115. The molecule has 0 spiro atoms. The molecule has 106 valence electrons. The zero-order valence-electron chi connectivity index (χ0n) is 11.9. The highest BCUT2D eigenvalue weighted by molar-refractivity contribution is 9.10. The van der Waals surface area contributed by atoms with Crippen molar-refractivity contribution in [3.8, 4) is 11.5 Å². The molecule has 2 rings (SSSR count). The third-order valence-electron chi connectivity index (χ3n) is 3.04. The van der Waals surface area contributed by atoms with E-state index >= 15 is 0 Å². The molecule has 1 atom stereocenters. The van der Waals surface area contributed by atoms with Crippen LogP contribution in [0.2, 0.25) is 0 Å². The van der Waals surface area contributed by atoms with Gasteiger partial charge in [0, 0.05) is 31.9 Å². The lowest BCUT2D eigenvalue weighted by Gasteiger charge is -2.15. The molecule has 2 aromatic carbocycles. The summed E-state index contributed by atoms with van der Waals surface area (Å²) < 4.78 is 6.83. The average molecular weight is 335 g/mol. The summed E-state index contributed by atoms with van der Waals surface area (Å²) >= 11 is 3.53. The van der Waals surface area contributed by atoms with E-state index in [2.05, 4.69) is 15.9 Å². The van der Waals surface area contributed by atoms with Crippen LogP contribution in [0.15, 0.2) is 46.9 Å². The fourth-order valence-electron chi connectivity index (χ4n) is 1.84. The van der Waals surface area contributed by atoms with Crippen molar-refractivity contribution in [1.82, 2.24) is 0 Å². The number of nitrogens with zero attached hydrogens (tertiary/aromatic N) is 1. The van der Waals surface area contributed by atoms with Gasteiger partial charge in [0.2, 0.25) is 0 Å². The molecule has 0 heterocycles. The second kappa shape index (κ2) is 6.29. The van der Waals surface area contributed by atoms with Gasteiger partial charge in [-0.2, -0.15) is 0 Å².